The van der Waals surface area contributed by atoms with E-state index >= 15 is 0 Å². The number of hydrogen-bond donors (Lipinski definition) is 2. The summed E-state index contributed by atoms with van der Waals surface area (Å²) < 4.78 is 6.57. The zero-order valence-electron chi connectivity index (χ0n) is 13.7. The number of halogens is 1. The minimum Gasteiger partial charge on any atom is -0.484 e. The van der Waals surface area contributed by atoms with Gasteiger partial charge < -0.3 is 15.2 Å². The first-order valence-electron chi connectivity index (χ1n) is 7.89. The van der Waals surface area contributed by atoms with Gasteiger partial charge in [0.05, 0.1) is 0 Å². The first-order valence-corrected chi connectivity index (χ1v) is 8.97. The summed E-state index contributed by atoms with van der Waals surface area (Å²) >= 11 is 2.22. The van der Waals surface area contributed by atoms with E-state index in [-0.39, 0.29) is 25.0 Å². The van der Waals surface area contributed by atoms with Gasteiger partial charge in [-0.05, 0) is 71.3 Å². The number of rotatable bonds is 8. The first-order chi connectivity index (χ1) is 11.6. The molecule has 0 saturated carbocycles. The molecule has 128 valence electrons. The fourth-order valence-electron chi connectivity index (χ4n) is 2.34. The van der Waals surface area contributed by atoms with Crippen LogP contribution in [-0.4, -0.2) is 30.8 Å². The highest BCUT2D eigenvalue weighted by molar-refractivity contribution is 14.1. The second-order valence-corrected chi connectivity index (χ2v) is 6.97. The van der Waals surface area contributed by atoms with Crippen molar-refractivity contribution in [2.24, 2.45) is 5.92 Å². The van der Waals surface area contributed by atoms with E-state index in [0.29, 0.717) is 12.3 Å². The third-order valence-corrected chi connectivity index (χ3v) is 4.52. The molecule has 0 fully saturated rings. The van der Waals surface area contributed by atoms with Crippen molar-refractivity contribution < 1.29 is 14.6 Å². The van der Waals surface area contributed by atoms with E-state index in [1.807, 2.05) is 36.4 Å². The summed E-state index contributed by atoms with van der Waals surface area (Å²) in [5.74, 6) is 0.481. The molecule has 0 saturated heterocycles. The van der Waals surface area contributed by atoms with Crippen LogP contribution in [0, 0.1) is 16.4 Å². The maximum Gasteiger partial charge on any atom is 0.257 e. The average molecular weight is 439 g/mol. The number of hydrogen-bond acceptors (Lipinski definition) is 3. The van der Waals surface area contributed by atoms with Gasteiger partial charge in [0.2, 0.25) is 0 Å². The lowest BCUT2D eigenvalue weighted by Gasteiger charge is -2.16. The summed E-state index contributed by atoms with van der Waals surface area (Å²) in [6.45, 7) is 2.49. The topological polar surface area (TPSA) is 58.6 Å². The summed E-state index contributed by atoms with van der Waals surface area (Å²) in [6, 6.07) is 15.6. The van der Waals surface area contributed by atoms with Crippen LogP contribution >= 0.6 is 22.6 Å². The summed E-state index contributed by atoms with van der Waals surface area (Å²) in [5, 5.41) is 12.4. The van der Waals surface area contributed by atoms with E-state index in [1.54, 1.807) is 0 Å². The van der Waals surface area contributed by atoms with Gasteiger partial charge in [0.15, 0.2) is 6.61 Å². The van der Waals surface area contributed by atoms with Crippen LogP contribution in [-0.2, 0) is 11.2 Å². The SMILES string of the molecule is Cc1ccccc1CC(CO)CNC(=O)COc1ccc(I)cc1. The number of carbonyl (C=O) groups is 1. The van der Waals surface area contributed by atoms with Crippen molar-refractivity contribution in [3.8, 4) is 5.75 Å². The number of aliphatic hydroxyl groups excluding tert-OH is 1. The van der Waals surface area contributed by atoms with Crippen molar-refractivity contribution in [2.75, 3.05) is 19.8 Å². The molecule has 1 amide bonds. The van der Waals surface area contributed by atoms with Crippen LogP contribution in [0.3, 0.4) is 0 Å². The molecule has 4 nitrogen and oxygen atoms in total. The van der Waals surface area contributed by atoms with Crippen LogP contribution in [0.2, 0.25) is 0 Å². The molecular formula is C19H22INO3. The fraction of sp³-hybridized carbons (Fsp3) is 0.316. The lowest BCUT2D eigenvalue weighted by molar-refractivity contribution is -0.123. The average Bonchev–Trinajstić information content (AvgIpc) is 2.59. The first kappa shape index (κ1) is 18.7. The molecule has 0 spiro atoms. The molecule has 2 N–H and O–H groups in total. The fourth-order valence-corrected chi connectivity index (χ4v) is 2.70. The van der Waals surface area contributed by atoms with E-state index < -0.39 is 0 Å². The Morgan fingerprint density at radius 1 is 1.21 bits per heavy atom. The third-order valence-electron chi connectivity index (χ3n) is 3.80. The molecule has 24 heavy (non-hydrogen) atoms. The Kier molecular flexibility index (Phi) is 7.52. The zero-order chi connectivity index (χ0) is 17.4. The summed E-state index contributed by atoms with van der Waals surface area (Å²) in [5.41, 5.74) is 2.39. The molecule has 0 aliphatic rings. The van der Waals surface area contributed by atoms with E-state index in [1.165, 1.54) is 11.1 Å². The van der Waals surface area contributed by atoms with Gasteiger partial charge in [0, 0.05) is 22.6 Å². The van der Waals surface area contributed by atoms with Crippen LogP contribution in [0.5, 0.6) is 5.75 Å². The van der Waals surface area contributed by atoms with Gasteiger partial charge in [-0.15, -0.1) is 0 Å². The molecule has 0 aromatic heterocycles. The molecule has 2 aromatic carbocycles. The Balaban J connectivity index is 1.76. The highest BCUT2D eigenvalue weighted by Crippen LogP contribution is 2.14. The van der Waals surface area contributed by atoms with Gasteiger partial charge in [-0.2, -0.15) is 0 Å². The monoisotopic (exact) mass is 439 g/mol. The van der Waals surface area contributed by atoms with Crippen LogP contribution in [0.15, 0.2) is 48.5 Å². The second-order valence-electron chi connectivity index (χ2n) is 5.73. The normalized spacial score (nSPS) is 11.8. The Hall–Kier alpha value is -1.60. The predicted octanol–water partition coefficient (Wildman–Crippen LogP) is 2.95. The van der Waals surface area contributed by atoms with Crippen molar-refractivity contribution in [3.05, 3.63) is 63.2 Å². The van der Waals surface area contributed by atoms with Crippen LogP contribution in [0.25, 0.3) is 0 Å². The summed E-state index contributed by atoms with van der Waals surface area (Å²) in [7, 11) is 0. The van der Waals surface area contributed by atoms with Crippen molar-refractivity contribution in [1.82, 2.24) is 5.32 Å². The molecular weight excluding hydrogens is 417 g/mol. The number of nitrogens with one attached hydrogen (secondary N) is 1. The lowest BCUT2D eigenvalue weighted by Crippen LogP contribution is -2.35. The van der Waals surface area contributed by atoms with Crippen molar-refractivity contribution in [1.29, 1.82) is 0 Å². The van der Waals surface area contributed by atoms with E-state index in [9.17, 15) is 9.90 Å². The molecule has 2 aromatic rings. The standard InChI is InChI=1S/C19H22INO3/c1-14-4-2-3-5-16(14)10-15(12-22)11-21-19(23)13-24-18-8-6-17(20)7-9-18/h2-9,15,22H,10-13H2,1H3,(H,21,23). The largest absolute Gasteiger partial charge is 0.484 e. The minimum absolute atomic E-state index is 0.00615. The van der Waals surface area contributed by atoms with Crippen molar-refractivity contribution in [2.45, 2.75) is 13.3 Å². The Labute approximate surface area is 156 Å². The molecule has 5 heteroatoms. The van der Waals surface area contributed by atoms with Crippen LogP contribution < -0.4 is 10.1 Å². The van der Waals surface area contributed by atoms with Gasteiger partial charge in [-0.1, -0.05) is 24.3 Å². The van der Waals surface area contributed by atoms with Crippen LogP contribution in [0.1, 0.15) is 11.1 Å². The van der Waals surface area contributed by atoms with Gasteiger partial charge in [-0.3, -0.25) is 4.79 Å². The molecule has 0 heterocycles. The van der Waals surface area contributed by atoms with Gasteiger partial charge in [0.25, 0.3) is 5.91 Å². The van der Waals surface area contributed by atoms with Gasteiger partial charge in [-0.25, -0.2) is 0 Å². The van der Waals surface area contributed by atoms with E-state index in [2.05, 4.69) is 47.0 Å². The molecule has 0 aliphatic carbocycles. The second kappa shape index (κ2) is 9.64. The number of carbonyl (C=O) groups excluding carboxylic acids is 1. The molecule has 0 radical (unpaired) electrons. The highest BCUT2D eigenvalue weighted by Gasteiger charge is 2.12. The molecule has 1 atom stereocenters. The van der Waals surface area contributed by atoms with Gasteiger partial charge in [0.1, 0.15) is 5.75 Å². The Morgan fingerprint density at radius 3 is 2.58 bits per heavy atom. The molecule has 1 unspecified atom stereocenters. The lowest BCUT2D eigenvalue weighted by atomic mass is 9.96. The predicted molar refractivity (Wildman–Crippen MR) is 103 cm³/mol. The maximum atomic E-state index is 11.9. The maximum absolute atomic E-state index is 11.9. The molecule has 2 rings (SSSR count). The zero-order valence-corrected chi connectivity index (χ0v) is 15.8. The number of aliphatic hydroxyl groups is 1. The number of amides is 1. The van der Waals surface area contributed by atoms with Crippen LogP contribution in [0.4, 0.5) is 0 Å². The number of aryl methyl sites for hydroxylation is 1. The Morgan fingerprint density at radius 2 is 1.92 bits per heavy atom. The third kappa shape index (κ3) is 6.13. The number of benzene rings is 2. The highest BCUT2D eigenvalue weighted by atomic mass is 127. The van der Waals surface area contributed by atoms with Gasteiger partial charge >= 0.3 is 0 Å². The molecule has 0 aliphatic heterocycles. The number of ether oxygens (including phenoxy) is 1. The summed E-state index contributed by atoms with van der Waals surface area (Å²) in [6.07, 6.45) is 0.738. The molecule has 0 bridgehead atoms. The van der Waals surface area contributed by atoms with Crippen molar-refractivity contribution in [3.63, 3.8) is 0 Å². The minimum atomic E-state index is -0.184. The summed E-state index contributed by atoms with van der Waals surface area (Å²) in [4.78, 5) is 11.9. The van der Waals surface area contributed by atoms with E-state index in [0.717, 1.165) is 9.99 Å². The Bertz CT molecular complexity index is 658. The quantitative estimate of drug-likeness (QED) is 0.622. The smallest absolute Gasteiger partial charge is 0.257 e. The van der Waals surface area contributed by atoms with Crippen molar-refractivity contribution >= 4 is 28.5 Å². The van der Waals surface area contributed by atoms with E-state index in [4.69, 9.17) is 4.74 Å².